The molecule has 2 aromatic carbocycles. The minimum Gasteiger partial charge on any atom is -0.488 e. The number of nitrogens with one attached hydrogen (secondary N) is 1. The third kappa shape index (κ3) is 4.65. The molecule has 132 valence electrons. The second-order valence-electron chi connectivity index (χ2n) is 5.61. The van der Waals surface area contributed by atoms with Gasteiger partial charge in [-0.15, -0.1) is 0 Å². The van der Waals surface area contributed by atoms with Crippen LogP contribution in [0.5, 0.6) is 5.75 Å². The van der Waals surface area contributed by atoms with Crippen molar-refractivity contribution >= 4 is 50.5 Å². The molecule has 2 aromatic rings. The summed E-state index contributed by atoms with van der Waals surface area (Å²) in [5.41, 5.74) is 2.88. The molecule has 0 bridgehead atoms. The molecule has 1 amide bonds. The molecule has 6 heteroatoms. The van der Waals surface area contributed by atoms with Gasteiger partial charge in [-0.05, 0) is 70.5 Å². The number of halogens is 1. The van der Waals surface area contributed by atoms with Gasteiger partial charge < -0.3 is 10.1 Å². The average molecular weight is 429 g/mol. The highest BCUT2D eigenvalue weighted by molar-refractivity contribution is 9.10. The summed E-state index contributed by atoms with van der Waals surface area (Å²) in [4.78, 5) is 17.3. The fourth-order valence-corrected chi connectivity index (χ4v) is 3.59. The molecule has 1 fully saturated rings. The largest absolute Gasteiger partial charge is 0.488 e. The number of aliphatic imine (C=N–C) groups is 1. The molecule has 1 saturated heterocycles. The van der Waals surface area contributed by atoms with Crippen LogP contribution in [-0.4, -0.2) is 17.7 Å². The number of ether oxygens (including phenoxy) is 1. The second kappa shape index (κ2) is 8.38. The molecule has 26 heavy (non-hydrogen) atoms. The first-order chi connectivity index (χ1) is 12.5. The number of hydrogen-bond donors (Lipinski definition) is 1. The van der Waals surface area contributed by atoms with E-state index in [0.29, 0.717) is 16.7 Å². The van der Waals surface area contributed by atoms with Crippen molar-refractivity contribution in [3.8, 4) is 5.75 Å². The lowest BCUT2D eigenvalue weighted by Crippen LogP contribution is -2.19. The minimum atomic E-state index is -0.149. The Kier molecular flexibility index (Phi) is 5.96. The zero-order valence-electron chi connectivity index (χ0n) is 14.2. The highest BCUT2D eigenvalue weighted by atomic mass is 79.9. The highest BCUT2D eigenvalue weighted by Gasteiger charge is 2.23. The molecule has 4 nitrogen and oxygen atoms in total. The number of carbonyl (C=O) groups excluding carboxylic acids is 1. The summed E-state index contributed by atoms with van der Waals surface area (Å²) in [6, 6.07) is 13.5. The third-order valence-electron chi connectivity index (χ3n) is 3.53. The topological polar surface area (TPSA) is 50.7 Å². The Bertz CT molecular complexity index is 905. The van der Waals surface area contributed by atoms with Gasteiger partial charge in [0.25, 0.3) is 5.91 Å². The van der Waals surface area contributed by atoms with Crippen LogP contribution in [0.3, 0.4) is 0 Å². The van der Waals surface area contributed by atoms with Crippen molar-refractivity contribution in [2.45, 2.75) is 6.92 Å². The monoisotopic (exact) mass is 428 g/mol. The normalized spacial score (nSPS) is 16.8. The molecule has 1 aliphatic heterocycles. The fraction of sp³-hybridized carbons (Fsp3) is 0.100. The van der Waals surface area contributed by atoms with E-state index in [1.807, 2.05) is 55.5 Å². The first-order valence-electron chi connectivity index (χ1n) is 7.94. The van der Waals surface area contributed by atoms with Crippen LogP contribution < -0.4 is 10.1 Å². The van der Waals surface area contributed by atoms with Gasteiger partial charge in [0.05, 0.1) is 15.1 Å². The van der Waals surface area contributed by atoms with Crippen molar-refractivity contribution in [2.24, 2.45) is 4.99 Å². The quantitative estimate of drug-likeness (QED) is 0.524. The zero-order valence-corrected chi connectivity index (χ0v) is 16.6. The van der Waals surface area contributed by atoms with Crippen LogP contribution >= 0.6 is 27.7 Å². The van der Waals surface area contributed by atoms with Crippen molar-refractivity contribution in [1.29, 1.82) is 0 Å². The van der Waals surface area contributed by atoms with Gasteiger partial charge in [-0.2, -0.15) is 0 Å². The van der Waals surface area contributed by atoms with Crippen molar-refractivity contribution < 1.29 is 9.53 Å². The predicted molar refractivity (Wildman–Crippen MR) is 112 cm³/mol. The van der Waals surface area contributed by atoms with Gasteiger partial charge in [0, 0.05) is 0 Å². The van der Waals surface area contributed by atoms with Crippen LogP contribution in [0.15, 0.2) is 69.5 Å². The van der Waals surface area contributed by atoms with E-state index < -0.39 is 0 Å². The van der Waals surface area contributed by atoms with E-state index in [1.165, 1.54) is 17.3 Å². The molecule has 0 aliphatic carbocycles. The molecule has 0 radical (unpaired) electrons. The summed E-state index contributed by atoms with van der Waals surface area (Å²) >= 11 is 4.81. The second-order valence-corrected chi connectivity index (χ2v) is 7.49. The van der Waals surface area contributed by atoms with Crippen LogP contribution in [0.1, 0.15) is 11.1 Å². The maximum atomic E-state index is 12.2. The Balaban J connectivity index is 1.77. The van der Waals surface area contributed by atoms with Crippen molar-refractivity contribution in [3.05, 3.63) is 75.6 Å². The molecule has 0 saturated carbocycles. The zero-order chi connectivity index (χ0) is 18.5. The number of amidine groups is 1. The molecule has 0 unspecified atom stereocenters. The lowest BCUT2D eigenvalue weighted by molar-refractivity contribution is -0.115. The summed E-state index contributed by atoms with van der Waals surface area (Å²) in [6.45, 7) is 6.10. The molecule has 1 heterocycles. The smallest absolute Gasteiger partial charge is 0.264 e. The molecular weight excluding hydrogens is 412 g/mol. The Morgan fingerprint density at radius 1 is 1.27 bits per heavy atom. The fourth-order valence-electron chi connectivity index (χ4n) is 2.24. The number of benzene rings is 2. The SMILES string of the molecule is C=CCOc1ccc(/C=C2/SC(=Nc3ccc(C)cc3)NC2=O)cc1Br. The Labute approximate surface area is 165 Å². The first-order valence-corrected chi connectivity index (χ1v) is 9.55. The number of aryl methyl sites for hydroxylation is 1. The van der Waals surface area contributed by atoms with Crippen molar-refractivity contribution in [1.82, 2.24) is 5.32 Å². The van der Waals surface area contributed by atoms with E-state index in [-0.39, 0.29) is 5.91 Å². The summed E-state index contributed by atoms with van der Waals surface area (Å²) < 4.78 is 6.36. The standard InChI is InChI=1S/C20H17BrN2O2S/c1-3-10-25-17-9-6-14(11-16(17)21)12-18-19(24)23-20(26-18)22-15-7-4-13(2)5-8-15/h3-9,11-12H,1,10H2,2H3,(H,22,23,24)/b18-12+. The molecule has 0 spiro atoms. The van der Waals surface area contributed by atoms with Gasteiger partial charge >= 0.3 is 0 Å². The van der Waals surface area contributed by atoms with Gasteiger partial charge in [0.1, 0.15) is 12.4 Å². The van der Waals surface area contributed by atoms with Crippen LogP contribution in [-0.2, 0) is 4.79 Å². The van der Waals surface area contributed by atoms with Gasteiger partial charge in [-0.1, -0.05) is 36.4 Å². The van der Waals surface area contributed by atoms with Crippen LogP contribution in [0.4, 0.5) is 5.69 Å². The lowest BCUT2D eigenvalue weighted by Gasteiger charge is -2.06. The van der Waals surface area contributed by atoms with Gasteiger partial charge in [0.2, 0.25) is 0 Å². The van der Waals surface area contributed by atoms with Crippen LogP contribution in [0.25, 0.3) is 6.08 Å². The minimum absolute atomic E-state index is 0.149. The average Bonchev–Trinajstić information content (AvgIpc) is 2.95. The van der Waals surface area contributed by atoms with E-state index >= 15 is 0 Å². The number of nitrogens with zero attached hydrogens (tertiary/aromatic N) is 1. The van der Waals surface area contributed by atoms with E-state index in [2.05, 4.69) is 32.8 Å². The van der Waals surface area contributed by atoms with E-state index in [1.54, 1.807) is 6.08 Å². The number of hydrogen-bond acceptors (Lipinski definition) is 4. The highest BCUT2D eigenvalue weighted by Crippen LogP contribution is 2.31. The van der Waals surface area contributed by atoms with Gasteiger partial charge in [0.15, 0.2) is 5.17 Å². The number of rotatable bonds is 5. The predicted octanol–water partition coefficient (Wildman–Crippen LogP) is 5.21. The van der Waals surface area contributed by atoms with E-state index in [4.69, 9.17) is 4.74 Å². The van der Waals surface area contributed by atoms with Crippen LogP contribution in [0.2, 0.25) is 0 Å². The molecule has 0 aromatic heterocycles. The summed E-state index contributed by atoms with van der Waals surface area (Å²) in [5, 5.41) is 3.38. The number of carbonyl (C=O) groups is 1. The molecule has 1 aliphatic rings. The Morgan fingerprint density at radius 3 is 2.73 bits per heavy atom. The van der Waals surface area contributed by atoms with E-state index in [0.717, 1.165) is 21.5 Å². The number of thioether (sulfide) groups is 1. The molecular formula is C20H17BrN2O2S. The maximum absolute atomic E-state index is 12.2. The third-order valence-corrected chi connectivity index (χ3v) is 5.06. The van der Waals surface area contributed by atoms with Crippen molar-refractivity contribution in [3.63, 3.8) is 0 Å². The van der Waals surface area contributed by atoms with Crippen LogP contribution in [0, 0.1) is 6.92 Å². The molecule has 1 N–H and O–H groups in total. The molecule has 3 rings (SSSR count). The van der Waals surface area contributed by atoms with Gasteiger partial charge in [-0.3, -0.25) is 4.79 Å². The molecule has 0 atom stereocenters. The summed E-state index contributed by atoms with van der Waals surface area (Å²) in [7, 11) is 0. The number of amides is 1. The summed E-state index contributed by atoms with van der Waals surface area (Å²) in [6.07, 6.45) is 3.52. The summed E-state index contributed by atoms with van der Waals surface area (Å²) in [5.74, 6) is 0.584. The van der Waals surface area contributed by atoms with Gasteiger partial charge in [-0.25, -0.2) is 4.99 Å². The Hall–Kier alpha value is -2.31. The lowest BCUT2D eigenvalue weighted by atomic mass is 10.2. The van der Waals surface area contributed by atoms with Crippen molar-refractivity contribution in [2.75, 3.05) is 6.61 Å². The van der Waals surface area contributed by atoms with E-state index in [9.17, 15) is 4.79 Å². The Morgan fingerprint density at radius 2 is 2.04 bits per heavy atom. The first kappa shape index (κ1) is 18.5. The maximum Gasteiger partial charge on any atom is 0.264 e.